The summed E-state index contributed by atoms with van der Waals surface area (Å²) in [6, 6.07) is 8.12. The highest BCUT2D eigenvalue weighted by atomic mass is 14.5. The fourth-order valence-corrected chi connectivity index (χ4v) is 1.06. The second kappa shape index (κ2) is 6.53. The summed E-state index contributed by atoms with van der Waals surface area (Å²) in [5.74, 6) is 0.649. The van der Waals surface area contributed by atoms with Crippen LogP contribution in [0.4, 0.5) is 5.69 Å². The Morgan fingerprint density at radius 1 is 1.15 bits per heavy atom. The van der Waals surface area contributed by atoms with E-state index in [0.29, 0.717) is 5.92 Å². The van der Waals surface area contributed by atoms with Gasteiger partial charge in [0.05, 0.1) is 0 Å². The van der Waals surface area contributed by atoms with Crippen LogP contribution in [-0.4, -0.2) is 0 Å². The largest absolute Gasteiger partial charge is 0.399 e. The molecule has 0 amide bonds. The van der Waals surface area contributed by atoms with E-state index in [9.17, 15) is 0 Å². The predicted octanol–water partition coefficient (Wildman–Crippen LogP) is 3.81. The molecular formula is C12H21N. The summed E-state index contributed by atoms with van der Waals surface area (Å²) in [4.78, 5) is 0. The Bertz CT molecular complexity index is 213. The Morgan fingerprint density at radius 3 is 2.00 bits per heavy atom. The van der Waals surface area contributed by atoms with Crippen LogP contribution in [0.3, 0.4) is 0 Å². The van der Waals surface area contributed by atoms with E-state index in [-0.39, 0.29) is 0 Å². The summed E-state index contributed by atoms with van der Waals surface area (Å²) in [5, 5.41) is 0. The van der Waals surface area contributed by atoms with Crippen molar-refractivity contribution >= 4 is 5.69 Å². The molecule has 0 heterocycles. The van der Waals surface area contributed by atoms with Crippen molar-refractivity contribution in [3.05, 3.63) is 29.8 Å². The molecule has 13 heavy (non-hydrogen) atoms. The number of hydrogen-bond donors (Lipinski definition) is 1. The fourth-order valence-electron chi connectivity index (χ4n) is 1.06. The molecule has 0 aromatic heterocycles. The van der Waals surface area contributed by atoms with E-state index in [1.165, 1.54) is 12.0 Å². The maximum absolute atomic E-state index is 5.57. The first-order valence-electron chi connectivity index (χ1n) is 5.09. The van der Waals surface area contributed by atoms with Crippen LogP contribution in [0.2, 0.25) is 0 Å². The Balaban J connectivity index is 0.000000671. The van der Waals surface area contributed by atoms with Gasteiger partial charge in [-0.3, -0.25) is 0 Å². The maximum atomic E-state index is 5.57. The summed E-state index contributed by atoms with van der Waals surface area (Å²) < 4.78 is 0. The number of nitrogen functional groups attached to an aromatic ring is 1. The van der Waals surface area contributed by atoms with Crippen LogP contribution < -0.4 is 5.73 Å². The van der Waals surface area contributed by atoms with Gasteiger partial charge in [-0.1, -0.05) is 39.8 Å². The summed E-state index contributed by atoms with van der Waals surface area (Å²) in [6.07, 6.45) is 1.18. The van der Waals surface area contributed by atoms with Gasteiger partial charge in [0.1, 0.15) is 0 Å². The molecule has 1 unspecified atom stereocenters. The van der Waals surface area contributed by atoms with Crippen LogP contribution in [0.1, 0.15) is 45.6 Å². The van der Waals surface area contributed by atoms with Crippen molar-refractivity contribution in [2.45, 2.75) is 40.0 Å². The van der Waals surface area contributed by atoms with Crippen LogP contribution in [-0.2, 0) is 0 Å². The Kier molecular flexibility index (Phi) is 6.03. The minimum Gasteiger partial charge on any atom is -0.399 e. The molecule has 74 valence electrons. The minimum atomic E-state index is 0.649. The SMILES string of the molecule is CC.CCC(C)c1ccc(N)cc1. The molecule has 0 aliphatic rings. The number of anilines is 1. The van der Waals surface area contributed by atoms with Crippen LogP contribution in [0.5, 0.6) is 0 Å². The van der Waals surface area contributed by atoms with Gasteiger partial charge in [0.25, 0.3) is 0 Å². The van der Waals surface area contributed by atoms with Crippen molar-refractivity contribution in [3.8, 4) is 0 Å². The van der Waals surface area contributed by atoms with Gasteiger partial charge in [-0.2, -0.15) is 0 Å². The quantitative estimate of drug-likeness (QED) is 0.686. The third-order valence-corrected chi connectivity index (χ3v) is 2.12. The second-order valence-electron chi connectivity index (χ2n) is 2.98. The van der Waals surface area contributed by atoms with Crippen LogP contribution in [0.15, 0.2) is 24.3 Å². The molecule has 0 aliphatic heterocycles. The molecular weight excluding hydrogens is 158 g/mol. The highest BCUT2D eigenvalue weighted by Crippen LogP contribution is 2.18. The van der Waals surface area contributed by atoms with Gasteiger partial charge in [0.2, 0.25) is 0 Å². The summed E-state index contributed by atoms with van der Waals surface area (Å²) >= 11 is 0. The zero-order valence-corrected chi connectivity index (χ0v) is 9.17. The molecule has 1 nitrogen and oxygen atoms in total. The molecule has 1 aromatic carbocycles. The van der Waals surface area contributed by atoms with E-state index >= 15 is 0 Å². The second-order valence-corrected chi connectivity index (χ2v) is 2.98. The van der Waals surface area contributed by atoms with Gasteiger partial charge in [0, 0.05) is 5.69 Å². The monoisotopic (exact) mass is 179 g/mol. The molecule has 0 saturated heterocycles. The van der Waals surface area contributed by atoms with Crippen molar-refractivity contribution in [3.63, 3.8) is 0 Å². The highest BCUT2D eigenvalue weighted by molar-refractivity contribution is 5.40. The Hall–Kier alpha value is -0.980. The van der Waals surface area contributed by atoms with Crippen molar-refractivity contribution < 1.29 is 0 Å². The van der Waals surface area contributed by atoms with Gasteiger partial charge in [0.15, 0.2) is 0 Å². The smallest absolute Gasteiger partial charge is 0.0314 e. The average Bonchev–Trinajstić information content (AvgIpc) is 2.21. The van der Waals surface area contributed by atoms with E-state index in [1.54, 1.807) is 0 Å². The molecule has 2 N–H and O–H groups in total. The Morgan fingerprint density at radius 2 is 1.62 bits per heavy atom. The lowest BCUT2D eigenvalue weighted by molar-refractivity contribution is 0.734. The number of benzene rings is 1. The van der Waals surface area contributed by atoms with Crippen LogP contribution in [0, 0.1) is 0 Å². The lowest BCUT2D eigenvalue weighted by Crippen LogP contribution is -1.91. The van der Waals surface area contributed by atoms with Crippen molar-refractivity contribution in [2.75, 3.05) is 5.73 Å². The van der Waals surface area contributed by atoms with Crippen molar-refractivity contribution in [1.82, 2.24) is 0 Å². The zero-order valence-electron chi connectivity index (χ0n) is 9.17. The summed E-state index contributed by atoms with van der Waals surface area (Å²) in [6.45, 7) is 8.42. The van der Waals surface area contributed by atoms with Crippen molar-refractivity contribution in [1.29, 1.82) is 0 Å². The van der Waals surface area contributed by atoms with E-state index in [4.69, 9.17) is 5.73 Å². The lowest BCUT2D eigenvalue weighted by Gasteiger charge is -2.07. The van der Waals surface area contributed by atoms with Gasteiger partial charge in [-0.05, 0) is 30.0 Å². The topological polar surface area (TPSA) is 26.0 Å². The van der Waals surface area contributed by atoms with Gasteiger partial charge >= 0.3 is 0 Å². The Labute approximate surface area is 82.0 Å². The number of hydrogen-bond acceptors (Lipinski definition) is 1. The summed E-state index contributed by atoms with van der Waals surface area (Å²) in [7, 11) is 0. The molecule has 0 fully saturated rings. The molecule has 1 aromatic rings. The fraction of sp³-hybridized carbons (Fsp3) is 0.500. The molecule has 0 bridgehead atoms. The first-order valence-corrected chi connectivity index (χ1v) is 5.09. The third kappa shape index (κ3) is 3.97. The zero-order chi connectivity index (χ0) is 10.3. The first kappa shape index (κ1) is 12.0. The average molecular weight is 179 g/mol. The van der Waals surface area contributed by atoms with Crippen LogP contribution in [0.25, 0.3) is 0 Å². The normalized spacial score (nSPS) is 11.4. The maximum Gasteiger partial charge on any atom is 0.0314 e. The molecule has 0 spiro atoms. The van der Waals surface area contributed by atoms with E-state index < -0.39 is 0 Å². The molecule has 1 atom stereocenters. The first-order chi connectivity index (χ1) is 6.24. The number of rotatable bonds is 2. The van der Waals surface area contributed by atoms with E-state index in [0.717, 1.165) is 5.69 Å². The van der Waals surface area contributed by atoms with Crippen LogP contribution >= 0.6 is 0 Å². The minimum absolute atomic E-state index is 0.649. The molecule has 1 rings (SSSR count). The molecule has 0 radical (unpaired) electrons. The van der Waals surface area contributed by atoms with E-state index in [1.807, 2.05) is 26.0 Å². The molecule has 0 saturated carbocycles. The third-order valence-electron chi connectivity index (χ3n) is 2.12. The highest BCUT2D eigenvalue weighted by Gasteiger charge is 2.00. The lowest BCUT2D eigenvalue weighted by atomic mass is 9.99. The van der Waals surface area contributed by atoms with Crippen molar-refractivity contribution in [2.24, 2.45) is 0 Å². The predicted molar refractivity (Wildman–Crippen MR) is 60.9 cm³/mol. The number of nitrogens with two attached hydrogens (primary N) is 1. The summed E-state index contributed by atoms with van der Waals surface area (Å²) in [5.41, 5.74) is 7.79. The molecule has 0 aliphatic carbocycles. The van der Waals surface area contributed by atoms with Gasteiger partial charge in [-0.15, -0.1) is 0 Å². The molecule has 1 heteroatoms. The van der Waals surface area contributed by atoms with E-state index in [2.05, 4.69) is 26.0 Å². The van der Waals surface area contributed by atoms with Gasteiger partial charge in [-0.25, -0.2) is 0 Å². The van der Waals surface area contributed by atoms with Gasteiger partial charge < -0.3 is 5.73 Å². The standard InChI is InChI=1S/C10H15N.C2H6/c1-3-8(2)9-4-6-10(11)7-5-9;1-2/h4-8H,3,11H2,1-2H3;1-2H3.